The van der Waals surface area contributed by atoms with E-state index < -0.39 is 0 Å². The molecule has 0 saturated heterocycles. The molecule has 5 rings (SSSR count). The molecule has 0 fully saturated rings. The van der Waals surface area contributed by atoms with Gasteiger partial charge in [0.15, 0.2) is 5.82 Å². The van der Waals surface area contributed by atoms with Crippen LogP contribution in [0, 0.1) is 0 Å². The van der Waals surface area contributed by atoms with Crippen LogP contribution in [0.3, 0.4) is 0 Å². The number of halogens is 1. The Morgan fingerprint density at radius 1 is 0.786 bits per heavy atom. The molecule has 0 aliphatic heterocycles. The molecular formula is C24H17ClN2O. The molecule has 3 nitrogen and oxygen atoms in total. The van der Waals surface area contributed by atoms with Crippen LogP contribution >= 0.6 is 11.6 Å². The third-order valence-electron chi connectivity index (χ3n) is 4.99. The maximum absolute atomic E-state index is 6.54. The number of hydrogen-bond donors (Lipinski definition) is 0. The molecule has 3 aromatic carbocycles. The van der Waals surface area contributed by atoms with Crippen molar-refractivity contribution in [2.24, 2.45) is 0 Å². The summed E-state index contributed by atoms with van der Waals surface area (Å²) in [6.07, 6.45) is 0.770. The highest BCUT2D eigenvalue weighted by Crippen LogP contribution is 2.33. The second kappa shape index (κ2) is 6.77. The molecule has 0 bridgehead atoms. The van der Waals surface area contributed by atoms with Crippen LogP contribution < -0.4 is 0 Å². The predicted molar refractivity (Wildman–Crippen MR) is 115 cm³/mol. The van der Waals surface area contributed by atoms with Crippen molar-refractivity contribution in [2.75, 3.05) is 0 Å². The molecule has 0 amide bonds. The van der Waals surface area contributed by atoms with E-state index >= 15 is 0 Å². The van der Waals surface area contributed by atoms with Crippen LogP contribution in [0.2, 0.25) is 5.15 Å². The standard InChI is InChI=1S/C24H17ClN2O/c1-2-17-22(15-8-4-3-5-9-15)26-24(27-23(17)25)16-12-13-19-18-10-6-7-11-20(18)28-21(19)14-16/h3-14H,2H2,1H3. The topological polar surface area (TPSA) is 38.9 Å². The van der Waals surface area contributed by atoms with Crippen LogP contribution in [-0.2, 0) is 6.42 Å². The van der Waals surface area contributed by atoms with E-state index in [4.69, 9.17) is 21.0 Å². The van der Waals surface area contributed by atoms with E-state index in [1.807, 2.05) is 60.7 Å². The minimum absolute atomic E-state index is 0.496. The van der Waals surface area contributed by atoms with Crippen molar-refractivity contribution in [3.8, 4) is 22.6 Å². The van der Waals surface area contributed by atoms with Gasteiger partial charge in [0, 0.05) is 27.5 Å². The third kappa shape index (κ3) is 2.76. The smallest absolute Gasteiger partial charge is 0.161 e. The molecule has 2 heterocycles. The maximum atomic E-state index is 6.54. The van der Waals surface area contributed by atoms with E-state index in [2.05, 4.69) is 24.0 Å². The molecule has 136 valence electrons. The Morgan fingerprint density at radius 2 is 1.54 bits per heavy atom. The fraction of sp³-hybridized carbons (Fsp3) is 0.0833. The summed E-state index contributed by atoms with van der Waals surface area (Å²) in [5.41, 5.74) is 5.45. The molecule has 0 spiro atoms. The van der Waals surface area contributed by atoms with E-state index in [1.54, 1.807) is 0 Å². The summed E-state index contributed by atoms with van der Waals surface area (Å²) >= 11 is 6.54. The van der Waals surface area contributed by atoms with Gasteiger partial charge in [0.25, 0.3) is 0 Å². The monoisotopic (exact) mass is 384 g/mol. The predicted octanol–water partition coefficient (Wildman–Crippen LogP) is 6.93. The first-order valence-corrected chi connectivity index (χ1v) is 9.66. The number of nitrogens with zero attached hydrogens (tertiary/aromatic N) is 2. The van der Waals surface area contributed by atoms with Crippen molar-refractivity contribution in [3.63, 3.8) is 0 Å². The van der Waals surface area contributed by atoms with Crippen LogP contribution in [0.4, 0.5) is 0 Å². The van der Waals surface area contributed by atoms with E-state index in [0.29, 0.717) is 11.0 Å². The summed E-state index contributed by atoms with van der Waals surface area (Å²) in [5.74, 6) is 0.600. The average molecular weight is 385 g/mol. The number of furan rings is 1. The van der Waals surface area contributed by atoms with Crippen LogP contribution in [0.25, 0.3) is 44.6 Å². The van der Waals surface area contributed by atoms with Gasteiger partial charge < -0.3 is 4.42 Å². The van der Waals surface area contributed by atoms with Crippen LogP contribution in [-0.4, -0.2) is 9.97 Å². The largest absolute Gasteiger partial charge is 0.456 e. The summed E-state index contributed by atoms with van der Waals surface area (Å²) in [6.45, 7) is 2.07. The average Bonchev–Trinajstić information content (AvgIpc) is 3.11. The lowest BCUT2D eigenvalue weighted by molar-refractivity contribution is 0.669. The minimum Gasteiger partial charge on any atom is -0.456 e. The minimum atomic E-state index is 0.496. The zero-order valence-corrected chi connectivity index (χ0v) is 16.1. The van der Waals surface area contributed by atoms with E-state index in [0.717, 1.165) is 50.7 Å². The van der Waals surface area contributed by atoms with Crippen LogP contribution in [0.1, 0.15) is 12.5 Å². The maximum Gasteiger partial charge on any atom is 0.161 e. The van der Waals surface area contributed by atoms with E-state index in [1.165, 1.54) is 0 Å². The van der Waals surface area contributed by atoms with E-state index in [9.17, 15) is 0 Å². The Hall–Kier alpha value is -3.17. The van der Waals surface area contributed by atoms with Gasteiger partial charge in [-0.05, 0) is 24.6 Å². The fourth-order valence-electron chi connectivity index (χ4n) is 3.60. The third-order valence-corrected chi connectivity index (χ3v) is 5.31. The Bertz CT molecular complexity index is 1310. The van der Waals surface area contributed by atoms with Gasteiger partial charge in [-0.15, -0.1) is 0 Å². The van der Waals surface area contributed by atoms with Crippen LogP contribution in [0.5, 0.6) is 0 Å². The lowest BCUT2D eigenvalue weighted by Crippen LogP contribution is -1.99. The zero-order valence-electron chi connectivity index (χ0n) is 15.3. The summed E-state index contributed by atoms with van der Waals surface area (Å²) in [5, 5.41) is 2.68. The van der Waals surface area contributed by atoms with Gasteiger partial charge in [-0.2, -0.15) is 0 Å². The van der Waals surface area contributed by atoms with Gasteiger partial charge in [-0.1, -0.05) is 73.1 Å². The molecule has 0 atom stereocenters. The van der Waals surface area contributed by atoms with Crippen molar-refractivity contribution in [1.29, 1.82) is 0 Å². The molecular weight excluding hydrogens is 368 g/mol. The number of para-hydroxylation sites is 1. The molecule has 0 saturated carbocycles. The molecule has 0 aliphatic carbocycles. The molecule has 0 aliphatic rings. The van der Waals surface area contributed by atoms with E-state index in [-0.39, 0.29) is 0 Å². The summed E-state index contributed by atoms with van der Waals surface area (Å²) in [6, 6.07) is 24.2. The highest BCUT2D eigenvalue weighted by atomic mass is 35.5. The van der Waals surface area contributed by atoms with Gasteiger partial charge >= 0.3 is 0 Å². The molecule has 5 aromatic rings. The van der Waals surface area contributed by atoms with Crippen molar-refractivity contribution >= 4 is 33.5 Å². The second-order valence-corrected chi connectivity index (χ2v) is 7.05. The van der Waals surface area contributed by atoms with Gasteiger partial charge in [0.2, 0.25) is 0 Å². The summed E-state index contributed by atoms with van der Waals surface area (Å²) < 4.78 is 6.02. The number of fused-ring (bicyclic) bond motifs is 3. The molecule has 28 heavy (non-hydrogen) atoms. The Morgan fingerprint density at radius 3 is 2.36 bits per heavy atom. The Balaban J connectivity index is 1.70. The highest BCUT2D eigenvalue weighted by Gasteiger charge is 2.16. The number of aromatic nitrogens is 2. The zero-order chi connectivity index (χ0) is 19.1. The summed E-state index contributed by atoms with van der Waals surface area (Å²) in [7, 11) is 0. The van der Waals surface area contributed by atoms with Gasteiger partial charge in [0.1, 0.15) is 16.3 Å². The quantitative estimate of drug-likeness (QED) is 0.317. The lowest BCUT2D eigenvalue weighted by atomic mass is 10.0. The first-order chi connectivity index (χ1) is 13.7. The summed E-state index contributed by atoms with van der Waals surface area (Å²) in [4.78, 5) is 9.44. The number of hydrogen-bond acceptors (Lipinski definition) is 3. The van der Waals surface area contributed by atoms with Crippen molar-refractivity contribution in [2.45, 2.75) is 13.3 Å². The number of benzene rings is 3. The first kappa shape index (κ1) is 17.0. The molecule has 0 radical (unpaired) electrons. The van der Waals surface area contributed by atoms with Gasteiger partial charge in [0.05, 0.1) is 5.69 Å². The van der Waals surface area contributed by atoms with Gasteiger partial charge in [-0.25, -0.2) is 9.97 Å². The molecule has 0 N–H and O–H groups in total. The molecule has 2 aromatic heterocycles. The number of rotatable bonds is 3. The Kier molecular flexibility index (Phi) is 4.10. The highest BCUT2D eigenvalue weighted by molar-refractivity contribution is 6.30. The normalized spacial score (nSPS) is 11.4. The fourth-order valence-corrected chi connectivity index (χ4v) is 3.90. The Labute approximate surface area is 167 Å². The van der Waals surface area contributed by atoms with Crippen molar-refractivity contribution < 1.29 is 4.42 Å². The van der Waals surface area contributed by atoms with Gasteiger partial charge in [-0.3, -0.25) is 0 Å². The second-order valence-electron chi connectivity index (χ2n) is 6.69. The molecule has 4 heteroatoms. The molecule has 0 unspecified atom stereocenters. The van der Waals surface area contributed by atoms with Crippen LogP contribution in [0.15, 0.2) is 77.2 Å². The van der Waals surface area contributed by atoms with Crippen molar-refractivity contribution in [1.82, 2.24) is 9.97 Å². The lowest BCUT2D eigenvalue weighted by Gasteiger charge is -2.11. The SMILES string of the molecule is CCc1c(Cl)nc(-c2ccc3c(c2)oc2ccccc23)nc1-c1ccccc1. The van der Waals surface area contributed by atoms with Crippen molar-refractivity contribution in [3.05, 3.63) is 83.5 Å². The first-order valence-electron chi connectivity index (χ1n) is 9.28.